The molecule has 0 radical (unpaired) electrons. The van der Waals surface area contributed by atoms with E-state index in [0.29, 0.717) is 17.1 Å². The van der Waals surface area contributed by atoms with Crippen LogP contribution < -0.4 is 14.8 Å². The maximum absolute atomic E-state index is 13.1. The maximum Gasteiger partial charge on any atom is 0.281 e. The summed E-state index contributed by atoms with van der Waals surface area (Å²) in [6.45, 7) is 0. The van der Waals surface area contributed by atoms with Crippen molar-refractivity contribution in [3.8, 4) is 11.5 Å². The van der Waals surface area contributed by atoms with Crippen LogP contribution in [0.1, 0.15) is 15.9 Å². The van der Waals surface area contributed by atoms with Gasteiger partial charge in [0.1, 0.15) is 17.2 Å². The van der Waals surface area contributed by atoms with E-state index in [9.17, 15) is 28.1 Å². The van der Waals surface area contributed by atoms with Gasteiger partial charge in [0.2, 0.25) is 0 Å². The molecule has 0 saturated carbocycles. The Morgan fingerprint density at radius 2 is 1.48 bits per heavy atom. The molecule has 2 N–H and O–H groups in total. The van der Waals surface area contributed by atoms with Crippen LogP contribution in [0.15, 0.2) is 114 Å². The smallest absolute Gasteiger partial charge is 0.281 e. The Hall–Kier alpha value is -4.56. The lowest BCUT2D eigenvalue weighted by atomic mass is 10.1. The lowest BCUT2D eigenvalue weighted by Gasteiger charge is -2.12. The fourth-order valence-electron chi connectivity index (χ4n) is 3.38. The highest BCUT2D eigenvalue weighted by Crippen LogP contribution is 2.27. The zero-order valence-electron chi connectivity index (χ0n) is 20.5. The monoisotopic (exact) mass is 669 g/mol. The summed E-state index contributed by atoms with van der Waals surface area (Å²) in [4.78, 5) is 35.8. The van der Waals surface area contributed by atoms with Gasteiger partial charge >= 0.3 is 0 Å². The van der Waals surface area contributed by atoms with E-state index in [1.165, 1.54) is 18.2 Å². The lowest BCUT2D eigenvalue weighted by Crippen LogP contribution is -2.38. The largest absolute Gasteiger partial charge is 0.456 e. The highest BCUT2D eigenvalue weighted by molar-refractivity contribution is 14.1. The van der Waals surface area contributed by atoms with Crippen molar-refractivity contribution < 1.29 is 27.7 Å². The van der Waals surface area contributed by atoms with Crippen molar-refractivity contribution in [2.45, 2.75) is 4.90 Å². The van der Waals surface area contributed by atoms with Crippen LogP contribution in [0.4, 0.5) is 5.69 Å². The average Bonchev–Trinajstić information content (AvgIpc) is 2.95. The second kappa shape index (κ2) is 12.5. The molecule has 0 heterocycles. The number of amides is 2. The third kappa shape index (κ3) is 7.30. The summed E-state index contributed by atoms with van der Waals surface area (Å²) >= 11 is 2.15. The number of sulfonamides is 1. The number of halogens is 1. The van der Waals surface area contributed by atoms with Crippen LogP contribution in [0.5, 0.6) is 11.5 Å². The van der Waals surface area contributed by atoms with E-state index < -0.39 is 26.8 Å². The van der Waals surface area contributed by atoms with E-state index in [2.05, 4.69) is 27.9 Å². The summed E-state index contributed by atoms with van der Waals surface area (Å²) < 4.78 is 34.3. The molecule has 4 aromatic rings. The first-order valence-corrected chi connectivity index (χ1v) is 14.1. The van der Waals surface area contributed by atoms with E-state index >= 15 is 0 Å². The van der Waals surface area contributed by atoms with Gasteiger partial charge in [-0.15, -0.1) is 0 Å². The van der Waals surface area contributed by atoms with Gasteiger partial charge in [0.15, 0.2) is 0 Å². The number of hydrogen-bond acceptors (Lipinski definition) is 7. The van der Waals surface area contributed by atoms with Crippen LogP contribution in [0, 0.1) is 13.7 Å². The predicted molar refractivity (Wildman–Crippen MR) is 156 cm³/mol. The van der Waals surface area contributed by atoms with Crippen LogP contribution >= 0.6 is 22.6 Å². The van der Waals surface area contributed by atoms with Gasteiger partial charge < -0.3 is 10.1 Å². The summed E-state index contributed by atoms with van der Waals surface area (Å²) in [5.74, 6) is -0.547. The molecule has 0 bridgehead atoms. The molecular weight excluding hydrogens is 649 g/mol. The van der Waals surface area contributed by atoms with Gasteiger partial charge in [0.05, 0.1) is 13.4 Å². The van der Waals surface area contributed by atoms with Crippen LogP contribution in [0.3, 0.4) is 0 Å². The number of hydrogen-bond donors (Lipinski definition) is 2. The Bertz CT molecular complexity index is 1690. The predicted octanol–water partition coefficient (Wildman–Crippen LogP) is 5.27. The molecular formula is C28H20IN3O7S. The molecule has 0 aliphatic heterocycles. The number of nitrogens with one attached hydrogen (secondary N) is 2. The highest BCUT2D eigenvalue weighted by Gasteiger charge is 2.23. The Morgan fingerprint density at radius 1 is 0.850 bits per heavy atom. The topological polar surface area (TPSA) is 145 Å². The summed E-state index contributed by atoms with van der Waals surface area (Å²) in [5.41, 5.74) is 0.0722. The van der Waals surface area contributed by atoms with Crippen LogP contribution in [0.2, 0.25) is 0 Å². The van der Waals surface area contributed by atoms with E-state index in [1.54, 1.807) is 42.5 Å². The van der Waals surface area contributed by atoms with Crippen molar-refractivity contribution in [3.05, 3.63) is 134 Å². The summed E-state index contributed by atoms with van der Waals surface area (Å²) in [7, 11) is -4.42. The molecule has 10 nitrogen and oxygen atoms in total. The minimum atomic E-state index is -4.42. The van der Waals surface area contributed by atoms with Gasteiger partial charge in [-0.3, -0.25) is 19.7 Å². The lowest BCUT2D eigenvalue weighted by molar-refractivity contribution is -0.384. The molecule has 40 heavy (non-hydrogen) atoms. The molecule has 4 rings (SSSR count). The SMILES string of the molecule is O=C(NS(=O)(=O)c1ccc([N+](=O)[O-])cc1)/C(=C/c1ccc(Oc2ccccc2I)cc1)NC(=O)c1ccccc1. The number of nitro benzene ring substituents is 1. The third-order valence-electron chi connectivity index (χ3n) is 5.37. The molecule has 0 unspecified atom stereocenters. The van der Waals surface area contributed by atoms with Crippen molar-refractivity contribution in [2.24, 2.45) is 0 Å². The Labute approximate surface area is 243 Å². The van der Waals surface area contributed by atoms with E-state index in [-0.39, 0.29) is 21.8 Å². The standard InChI is InChI=1S/C28H20IN3O7S/c29-24-8-4-5-9-26(24)39-22-14-10-19(11-15-22)18-25(30-27(33)20-6-2-1-3-7-20)28(34)31-40(37,38)23-16-12-21(13-17-23)32(35)36/h1-18H,(H,30,33)(H,31,34)/b25-18-. The Morgan fingerprint density at radius 3 is 2.10 bits per heavy atom. The number of nitrogens with zero attached hydrogens (tertiary/aromatic N) is 1. The van der Waals surface area contributed by atoms with Crippen molar-refractivity contribution in [1.82, 2.24) is 10.0 Å². The molecule has 4 aromatic carbocycles. The average molecular weight is 669 g/mol. The van der Waals surface area contributed by atoms with Gasteiger partial charge in [-0.05, 0) is 82.8 Å². The molecule has 0 saturated heterocycles. The molecule has 0 aromatic heterocycles. The van der Waals surface area contributed by atoms with E-state index in [1.807, 2.05) is 29.0 Å². The maximum atomic E-state index is 13.1. The fraction of sp³-hybridized carbons (Fsp3) is 0. The molecule has 2 amide bonds. The first-order valence-electron chi connectivity index (χ1n) is 11.5. The second-order valence-electron chi connectivity index (χ2n) is 8.17. The number of nitro groups is 1. The van der Waals surface area contributed by atoms with E-state index in [0.717, 1.165) is 27.8 Å². The molecule has 0 spiro atoms. The van der Waals surface area contributed by atoms with Gasteiger partial charge in [0.25, 0.3) is 27.5 Å². The number of ether oxygens (including phenoxy) is 1. The third-order valence-corrected chi connectivity index (χ3v) is 7.61. The van der Waals surface area contributed by atoms with Crippen molar-refractivity contribution in [3.63, 3.8) is 0 Å². The first kappa shape index (κ1) is 28.4. The Kier molecular flexibility index (Phi) is 8.91. The number of benzene rings is 4. The molecule has 202 valence electrons. The van der Waals surface area contributed by atoms with Crippen molar-refractivity contribution >= 4 is 56.2 Å². The van der Waals surface area contributed by atoms with Crippen LogP contribution in [0.25, 0.3) is 6.08 Å². The normalized spacial score (nSPS) is 11.4. The Balaban J connectivity index is 1.60. The number of rotatable bonds is 9. The van der Waals surface area contributed by atoms with Gasteiger partial charge in [-0.1, -0.05) is 42.5 Å². The van der Waals surface area contributed by atoms with Crippen molar-refractivity contribution in [2.75, 3.05) is 0 Å². The van der Waals surface area contributed by atoms with Gasteiger partial charge in [0, 0.05) is 17.7 Å². The quantitative estimate of drug-likeness (QED) is 0.107. The number of carbonyl (C=O) groups is 2. The summed E-state index contributed by atoms with van der Waals surface area (Å²) in [6, 6.07) is 26.2. The second-order valence-corrected chi connectivity index (χ2v) is 11.0. The number of para-hydroxylation sites is 1. The molecule has 0 aliphatic carbocycles. The van der Waals surface area contributed by atoms with Gasteiger partial charge in [-0.25, -0.2) is 13.1 Å². The minimum Gasteiger partial charge on any atom is -0.456 e. The molecule has 0 fully saturated rings. The minimum absolute atomic E-state index is 0.251. The molecule has 0 aliphatic rings. The molecule has 12 heteroatoms. The number of non-ortho nitro benzene ring substituents is 1. The van der Waals surface area contributed by atoms with Crippen LogP contribution in [-0.2, 0) is 14.8 Å². The fourth-order valence-corrected chi connectivity index (χ4v) is 4.84. The zero-order valence-corrected chi connectivity index (χ0v) is 23.5. The highest BCUT2D eigenvalue weighted by atomic mass is 127. The van der Waals surface area contributed by atoms with Crippen LogP contribution in [-0.4, -0.2) is 25.2 Å². The number of carbonyl (C=O) groups excluding carboxylic acids is 2. The first-order chi connectivity index (χ1) is 19.1. The van der Waals surface area contributed by atoms with E-state index in [4.69, 9.17) is 4.74 Å². The van der Waals surface area contributed by atoms with Gasteiger partial charge in [-0.2, -0.15) is 0 Å². The van der Waals surface area contributed by atoms with Crippen molar-refractivity contribution in [1.29, 1.82) is 0 Å². The zero-order chi connectivity index (χ0) is 28.7. The summed E-state index contributed by atoms with van der Waals surface area (Å²) in [5, 5.41) is 13.3. The summed E-state index contributed by atoms with van der Waals surface area (Å²) in [6.07, 6.45) is 1.32. The molecule has 0 atom stereocenters.